The third-order valence-electron chi connectivity index (χ3n) is 4.37. The number of hydrogen-bond donors (Lipinski definition) is 0. The van der Waals surface area contributed by atoms with Gasteiger partial charge in [-0.05, 0) is 36.4 Å². The van der Waals surface area contributed by atoms with E-state index in [0.717, 1.165) is 36.0 Å². The lowest BCUT2D eigenvalue weighted by Crippen LogP contribution is -2.35. The molecule has 0 atom stereocenters. The average Bonchev–Trinajstić information content (AvgIpc) is 2.81. The zero-order valence-corrected chi connectivity index (χ0v) is 15.2. The topological polar surface area (TPSA) is 23.6 Å². The van der Waals surface area contributed by atoms with Gasteiger partial charge < -0.3 is 4.90 Å². The van der Waals surface area contributed by atoms with Gasteiger partial charge in [-0.2, -0.15) is 0 Å². The fraction of sp³-hybridized carbons (Fsp3) is 0.389. The summed E-state index contributed by atoms with van der Waals surface area (Å²) < 4.78 is 14.1. The van der Waals surface area contributed by atoms with E-state index in [9.17, 15) is 9.18 Å². The molecule has 2 heterocycles. The maximum atomic E-state index is 14.1. The molecule has 128 valence electrons. The predicted molar refractivity (Wildman–Crippen MR) is 96.3 cm³/mol. The first kappa shape index (κ1) is 17.4. The van der Waals surface area contributed by atoms with Crippen LogP contribution in [0.5, 0.6) is 0 Å². The molecule has 1 aromatic carbocycles. The lowest BCUT2D eigenvalue weighted by Gasteiger charge is -2.22. The van der Waals surface area contributed by atoms with Gasteiger partial charge in [0, 0.05) is 37.6 Å². The van der Waals surface area contributed by atoms with Crippen molar-refractivity contribution in [1.29, 1.82) is 0 Å². The molecule has 3 nitrogen and oxygen atoms in total. The third kappa shape index (κ3) is 3.79. The molecule has 0 unspecified atom stereocenters. The maximum Gasteiger partial charge on any atom is 0.257 e. The summed E-state index contributed by atoms with van der Waals surface area (Å²) in [4.78, 5) is 17.9. The molecule has 24 heavy (non-hydrogen) atoms. The van der Waals surface area contributed by atoms with E-state index in [0.29, 0.717) is 18.7 Å². The van der Waals surface area contributed by atoms with Gasteiger partial charge in [-0.1, -0.05) is 23.7 Å². The van der Waals surface area contributed by atoms with Crippen molar-refractivity contribution >= 4 is 28.8 Å². The zero-order valence-electron chi connectivity index (χ0n) is 13.6. The molecular formula is C18H20ClFN2OS. The first-order chi connectivity index (χ1) is 11.6. The molecule has 2 aromatic rings. The zero-order chi connectivity index (χ0) is 17.1. The van der Waals surface area contributed by atoms with Crippen LogP contribution in [0.25, 0.3) is 0 Å². The van der Waals surface area contributed by atoms with Crippen molar-refractivity contribution in [2.75, 3.05) is 26.2 Å². The number of benzene rings is 1. The van der Waals surface area contributed by atoms with Crippen molar-refractivity contribution in [3.8, 4) is 0 Å². The summed E-state index contributed by atoms with van der Waals surface area (Å²) in [5, 5.41) is 2.80. The summed E-state index contributed by atoms with van der Waals surface area (Å²) in [5.74, 6) is -0.645. The number of amides is 1. The molecule has 6 heteroatoms. The number of aryl methyl sites for hydroxylation is 1. The van der Waals surface area contributed by atoms with Gasteiger partial charge >= 0.3 is 0 Å². The van der Waals surface area contributed by atoms with Gasteiger partial charge in [0.25, 0.3) is 5.91 Å². The summed E-state index contributed by atoms with van der Waals surface area (Å²) >= 11 is 7.83. The molecule has 1 aliphatic rings. The first-order valence-corrected chi connectivity index (χ1v) is 9.30. The van der Waals surface area contributed by atoms with E-state index in [1.807, 2.05) is 11.4 Å². The molecular weight excluding hydrogens is 347 g/mol. The van der Waals surface area contributed by atoms with E-state index in [4.69, 9.17) is 11.6 Å². The minimum atomic E-state index is -0.438. The molecule has 1 aromatic heterocycles. The van der Waals surface area contributed by atoms with Crippen LogP contribution in [0.2, 0.25) is 5.02 Å². The van der Waals surface area contributed by atoms with Crippen LogP contribution in [0.1, 0.15) is 27.2 Å². The van der Waals surface area contributed by atoms with Crippen LogP contribution >= 0.6 is 22.9 Å². The number of rotatable bonds is 3. The highest BCUT2D eigenvalue weighted by molar-refractivity contribution is 7.10. The fourth-order valence-corrected chi connectivity index (χ4v) is 4.17. The minimum Gasteiger partial charge on any atom is -0.337 e. The van der Waals surface area contributed by atoms with Crippen LogP contribution in [0, 0.1) is 12.7 Å². The van der Waals surface area contributed by atoms with Gasteiger partial charge in [0.1, 0.15) is 5.82 Å². The van der Waals surface area contributed by atoms with Gasteiger partial charge in [0.2, 0.25) is 0 Å². The average molecular weight is 367 g/mol. The lowest BCUT2D eigenvalue weighted by atomic mass is 10.1. The van der Waals surface area contributed by atoms with Crippen LogP contribution in [0.3, 0.4) is 0 Å². The fourth-order valence-electron chi connectivity index (χ4n) is 3.03. The smallest absolute Gasteiger partial charge is 0.257 e. The summed E-state index contributed by atoms with van der Waals surface area (Å²) in [7, 11) is 0. The van der Waals surface area contributed by atoms with Crippen LogP contribution in [0.4, 0.5) is 4.39 Å². The van der Waals surface area contributed by atoms with Gasteiger partial charge in [0.15, 0.2) is 0 Å². The Morgan fingerprint density at radius 2 is 2.08 bits per heavy atom. The van der Waals surface area contributed by atoms with E-state index in [1.54, 1.807) is 35.3 Å². The lowest BCUT2D eigenvalue weighted by molar-refractivity contribution is 0.0755. The van der Waals surface area contributed by atoms with Gasteiger partial charge in [-0.15, -0.1) is 11.3 Å². The molecule has 0 aliphatic carbocycles. The highest BCUT2D eigenvalue weighted by Gasteiger charge is 2.24. The number of thiophene rings is 1. The molecule has 0 saturated carbocycles. The Kier molecular flexibility index (Phi) is 5.54. The second kappa shape index (κ2) is 7.64. The molecule has 0 spiro atoms. The number of hydrogen-bond acceptors (Lipinski definition) is 3. The van der Waals surface area contributed by atoms with Gasteiger partial charge in [-0.25, -0.2) is 4.39 Å². The van der Waals surface area contributed by atoms with Crippen LogP contribution in [-0.2, 0) is 6.54 Å². The van der Waals surface area contributed by atoms with Crippen molar-refractivity contribution in [1.82, 2.24) is 9.80 Å². The van der Waals surface area contributed by atoms with Crippen LogP contribution in [-0.4, -0.2) is 41.9 Å². The molecule has 1 amide bonds. The van der Waals surface area contributed by atoms with Crippen LogP contribution in [0.15, 0.2) is 29.6 Å². The monoisotopic (exact) mass is 366 g/mol. The summed E-state index contributed by atoms with van der Waals surface area (Å²) in [6.45, 7) is 5.52. The second-order valence-corrected chi connectivity index (χ2v) is 7.45. The highest BCUT2D eigenvalue weighted by Crippen LogP contribution is 2.24. The van der Waals surface area contributed by atoms with E-state index in [2.05, 4.69) is 4.90 Å². The van der Waals surface area contributed by atoms with E-state index in [-0.39, 0.29) is 11.5 Å². The maximum absolute atomic E-state index is 14.1. The van der Waals surface area contributed by atoms with E-state index < -0.39 is 5.82 Å². The number of carbonyl (C=O) groups excluding carboxylic acids is 1. The molecule has 0 radical (unpaired) electrons. The Bertz CT molecular complexity index is 713. The van der Waals surface area contributed by atoms with Crippen LogP contribution < -0.4 is 0 Å². The van der Waals surface area contributed by atoms with Crippen molar-refractivity contribution < 1.29 is 9.18 Å². The minimum absolute atomic E-state index is 0.201. The number of halogens is 2. The summed E-state index contributed by atoms with van der Waals surface area (Å²) in [5.41, 5.74) is 0.888. The quantitative estimate of drug-likeness (QED) is 0.812. The van der Waals surface area contributed by atoms with Gasteiger partial charge in [-0.3, -0.25) is 9.69 Å². The third-order valence-corrected chi connectivity index (χ3v) is 5.74. The Morgan fingerprint density at radius 3 is 2.79 bits per heavy atom. The Morgan fingerprint density at radius 1 is 1.25 bits per heavy atom. The number of nitrogens with zero attached hydrogens (tertiary/aromatic N) is 2. The molecule has 1 fully saturated rings. The van der Waals surface area contributed by atoms with Crippen molar-refractivity contribution in [3.63, 3.8) is 0 Å². The second-order valence-electron chi connectivity index (χ2n) is 6.05. The summed E-state index contributed by atoms with van der Waals surface area (Å²) in [6, 6.07) is 6.68. The number of carbonyl (C=O) groups is 1. The molecule has 1 aliphatic heterocycles. The normalized spacial score (nSPS) is 16.2. The standard InChI is InChI=1S/C18H20ClFN2OS/c1-13-4-2-5-15(20)17(13)18(23)22-8-3-7-21(9-10-22)12-16-14(19)6-11-24-16/h2,4-6,11H,3,7-10,12H2,1H3. The molecule has 3 rings (SSSR count). The predicted octanol–water partition coefficient (Wildman–Crippen LogP) is 4.20. The Labute approximate surface area is 150 Å². The molecule has 1 saturated heterocycles. The first-order valence-electron chi connectivity index (χ1n) is 8.05. The van der Waals surface area contributed by atoms with Gasteiger partial charge in [0.05, 0.1) is 10.6 Å². The Balaban J connectivity index is 1.67. The van der Waals surface area contributed by atoms with E-state index in [1.165, 1.54) is 6.07 Å². The molecule has 0 N–H and O–H groups in total. The van der Waals surface area contributed by atoms with E-state index >= 15 is 0 Å². The summed E-state index contributed by atoms with van der Waals surface area (Å²) in [6.07, 6.45) is 0.877. The van der Waals surface area contributed by atoms with Crippen molar-refractivity contribution in [2.24, 2.45) is 0 Å². The largest absolute Gasteiger partial charge is 0.337 e. The van der Waals surface area contributed by atoms with Crippen molar-refractivity contribution in [3.05, 3.63) is 56.5 Å². The van der Waals surface area contributed by atoms with Crippen molar-refractivity contribution in [2.45, 2.75) is 19.9 Å². The SMILES string of the molecule is Cc1cccc(F)c1C(=O)N1CCCN(Cc2sccc2Cl)CC1. The Hall–Kier alpha value is -1.43. The highest BCUT2D eigenvalue weighted by atomic mass is 35.5. The molecule has 0 bridgehead atoms.